The van der Waals surface area contributed by atoms with Gasteiger partial charge in [0, 0.05) is 34.3 Å². The lowest BCUT2D eigenvalue weighted by molar-refractivity contribution is 0.0994. The molecule has 1 amide bonds. The number of primary amides is 1. The summed E-state index contributed by atoms with van der Waals surface area (Å²) < 4.78 is 1.79. The number of carbonyl (C=O) groups is 1. The Hall–Kier alpha value is -4.20. The molecule has 7 nitrogen and oxygen atoms in total. The average Bonchev–Trinajstić information content (AvgIpc) is 3.28. The summed E-state index contributed by atoms with van der Waals surface area (Å²) in [5, 5.41) is 18.3. The molecule has 4 N–H and O–H groups in total. The Morgan fingerprint density at radius 2 is 1.95 bits per heavy atom. The Kier molecular flexibility index (Phi) is 6.65. The number of benzene rings is 2. The van der Waals surface area contributed by atoms with Crippen LogP contribution in [0.1, 0.15) is 46.6 Å². The fourth-order valence-corrected chi connectivity index (χ4v) is 4.81. The molecule has 0 bridgehead atoms. The fraction of sp³-hybridized carbons (Fsp3) is 0.167. The molecule has 0 saturated heterocycles. The van der Waals surface area contributed by atoms with Gasteiger partial charge in [0.2, 0.25) is 0 Å². The van der Waals surface area contributed by atoms with Crippen LogP contribution in [0.3, 0.4) is 0 Å². The highest BCUT2D eigenvalue weighted by Gasteiger charge is 2.28. The zero-order chi connectivity index (χ0) is 27.0. The van der Waals surface area contributed by atoms with Crippen LogP contribution in [0, 0.1) is 0 Å². The summed E-state index contributed by atoms with van der Waals surface area (Å²) in [5.41, 5.74) is 12.8. The SMILES string of the molecule is C=C(Nc1ccc2c(c1)-c1c(c(C(N)=O)nn1-c1ccc(/C=C/C(C)(C)O)cc1)CC2)c1cccnc1Cl. The third-order valence-electron chi connectivity index (χ3n) is 6.43. The molecule has 2 aromatic carbocycles. The van der Waals surface area contributed by atoms with E-state index in [1.54, 1.807) is 30.8 Å². The van der Waals surface area contributed by atoms with Crippen molar-refractivity contribution in [2.24, 2.45) is 5.73 Å². The molecule has 8 heteroatoms. The smallest absolute Gasteiger partial charge is 0.269 e. The van der Waals surface area contributed by atoms with E-state index in [1.165, 1.54) is 0 Å². The Morgan fingerprint density at radius 3 is 2.63 bits per heavy atom. The van der Waals surface area contributed by atoms with E-state index >= 15 is 0 Å². The van der Waals surface area contributed by atoms with E-state index in [1.807, 2.05) is 54.6 Å². The number of nitrogens with one attached hydrogen (secondary N) is 1. The van der Waals surface area contributed by atoms with Crippen LogP contribution in [0.25, 0.3) is 28.7 Å². The van der Waals surface area contributed by atoms with Crippen LogP contribution in [0.15, 0.2) is 73.4 Å². The van der Waals surface area contributed by atoms with Crippen molar-refractivity contribution in [1.82, 2.24) is 14.8 Å². The number of nitrogens with two attached hydrogens (primary N) is 1. The summed E-state index contributed by atoms with van der Waals surface area (Å²) in [4.78, 5) is 16.5. The Balaban J connectivity index is 1.55. The number of carbonyl (C=O) groups excluding carboxylic acids is 1. The monoisotopic (exact) mass is 525 g/mol. The molecule has 0 radical (unpaired) electrons. The second-order valence-electron chi connectivity index (χ2n) is 9.85. The van der Waals surface area contributed by atoms with E-state index in [2.05, 4.69) is 28.0 Å². The number of anilines is 1. The van der Waals surface area contributed by atoms with Crippen LogP contribution in [-0.2, 0) is 12.8 Å². The van der Waals surface area contributed by atoms with Crippen molar-refractivity contribution in [2.75, 3.05) is 5.32 Å². The Labute approximate surface area is 226 Å². The van der Waals surface area contributed by atoms with Gasteiger partial charge in [0.25, 0.3) is 5.91 Å². The molecule has 0 aliphatic heterocycles. The number of hydrogen-bond donors (Lipinski definition) is 3. The first-order valence-electron chi connectivity index (χ1n) is 12.2. The number of nitrogens with zero attached hydrogens (tertiary/aromatic N) is 3. The van der Waals surface area contributed by atoms with E-state index in [0.29, 0.717) is 22.8 Å². The van der Waals surface area contributed by atoms with Gasteiger partial charge in [0.05, 0.1) is 17.0 Å². The van der Waals surface area contributed by atoms with E-state index in [-0.39, 0.29) is 5.69 Å². The molecule has 0 spiro atoms. The minimum absolute atomic E-state index is 0.279. The van der Waals surface area contributed by atoms with Crippen molar-refractivity contribution in [1.29, 1.82) is 0 Å². The number of hydrogen-bond acceptors (Lipinski definition) is 5. The van der Waals surface area contributed by atoms with Crippen LogP contribution >= 0.6 is 11.6 Å². The standard InChI is InChI=1S/C30H28ClN5O2/c1-18(23-5-4-16-33-28(23)31)34-21-10-8-20-9-13-24-26(29(32)37)35-36(27(24)25(20)17-21)22-11-6-19(7-12-22)14-15-30(2,3)38/h4-8,10-12,14-17,34,38H,1,9,13H2,2-3H3,(H2,32,37)/b15-14+. The lowest BCUT2D eigenvalue weighted by Crippen LogP contribution is -2.15. The predicted octanol–water partition coefficient (Wildman–Crippen LogP) is 5.65. The lowest BCUT2D eigenvalue weighted by Gasteiger charge is -2.21. The molecular formula is C30H28ClN5O2. The summed E-state index contributed by atoms with van der Waals surface area (Å²) in [5.74, 6) is -0.554. The summed E-state index contributed by atoms with van der Waals surface area (Å²) in [6, 6.07) is 17.5. The molecule has 1 aliphatic carbocycles. The van der Waals surface area contributed by atoms with Crippen LogP contribution in [0.5, 0.6) is 0 Å². The normalized spacial score (nSPS) is 12.7. The van der Waals surface area contributed by atoms with Crippen molar-refractivity contribution in [3.63, 3.8) is 0 Å². The van der Waals surface area contributed by atoms with Gasteiger partial charge >= 0.3 is 0 Å². The maximum absolute atomic E-state index is 12.3. The van der Waals surface area contributed by atoms with Gasteiger partial charge in [0.1, 0.15) is 5.15 Å². The van der Waals surface area contributed by atoms with Crippen molar-refractivity contribution in [3.05, 3.63) is 107 Å². The third-order valence-corrected chi connectivity index (χ3v) is 6.73. The van der Waals surface area contributed by atoms with E-state index in [0.717, 1.165) is 45.7 Å². The Morgan fingerprint density at radius 1 is 1.18 bits per heavy atom. The second kappa shape index (κ2) is 9.93. The zero-order valence-electron chi connectivity index (χ0n) is 21.2. The molecular weight excluding hydrogens is 498 g/mol. The summed E-state index contributed by atoms with van der Waals surface area (Å²) >= 11 is 6.26. The van der Waals surface area contributed by atoms with Gasteiger partial charge in [-0.25, -0.2) is 9.67 Å². The van der Waals surface area contributed by atoms with Crippen LogP contribution < -0.4 is 11.1 Å². The molecule has 2 heterocycles. The van der Waals surface area contributed by atoms with E-state index in [4.69, 9.17) is 17.3 Å². The summed E-state index contributed by atoms with van der Waals surface area (Å²) in [6.45, 7) is 7.58. The van der Waals surface area contributed by atoms with E-state index < -0.39 is 11.5 Å². The molecule has 0 unspecified atom stereocenters. The number of amides is 1. The van der Waals surface area contributed by atoms with Crippen molar-refractivity contribution < 1.29 is 9.90 Å². The third kappa shape index (κ3) is 5.11. The highest BCUT2D eigenvalue weighted by Crippen LogP contribution is 2.39. The number of rotatable bonds is 7. The van der Waals surface area contributed by atoms with Crippen LogP contribution in [0.2, 0.25) is 5.15 Å². The highest BCUT2D eigenvalue weighted by atomic mass is 35.5. The van der Waals surface area contributed by atoms with Crippen LogP contribution in [-0.4, -0.2) is 31.4 Å². The molecule has 5 rings (SSSR count). The number of aromatic nitrogens is 3. The van der Waals surface area contributed by atoms with E-state index in [9.17, 15) is 9.90 Å². The maximum atomic E-state index is 12.3. The number of fused-ring (bicyclic) bond motifs is 3. The Bertz CT molecular complexity index is 1580. The van der Waals surface area contributed by atoms with Gasteiger partial charge in [-0.2, -0.15) is 5.10 Å². The minimum Gasteiger partial charge on any atom is -0.386 e. The average molecular weight is 526 g/mol. The van der Waals surface area contributed by atoms with Gasteiger partial charge in [0.15, 0.2) is 5.69 Å². The maximum Gasteiger partial charge on any atom is 0.269 e. The van der Waals surface area contributed by atoms with Crippen LogP contribution in [0.4, 0.5) is 5.69 Å². The summed E-state index contributed by atoms with van der Waals surface area (Å²) in [7, 11) is 0. The minimum atomic E-state index is -0.904. The molecule has 1 aliphatic rings. The number of aliphatic hydroxyl groups is 1. The van der Waals surface area contributed by atoms with Gasteiger partial charge in [-0.3, -0.25) is 4.79 Å². The molecule has 2 aromatic heterocycles. The quantitative estimate of drug-likeness (QED) is 0.270. The molecule has 0 atom stereocenters. The number of halogens is 1. The number of aryl methyl sites for hydroxylation is 1. The largest absolute Gasteiger partial charge is 0.386 e. The van der Waals surface area contributed by atoms with Gasteiger partial charge in [-0.05, 0) is 74.2 Å². The summed E-state index contributed by atoms with van der Waals surface area (Å²) in [6.07, 6.45) is 6.67. The van der Waals surface area contributed by atoms with Gasteiger partial charge < -0.3 is 16.2 Å². The van der Waals surface area contributed by atoms with Crippen molar-refractivity contribution in [2.45, 2.75) is 32.3 Å². The van der Waals surface area contributed by atoms with Crippen molar-refractivity contribution >= 4 is 35.0 Å². The first-order chi connectivity index (χ1) is 18.1. The fourth-order valence-electron chi connectivity index (χ4n) is 4.58. The first kappa shape index (κ1) is 25.4. The topological polar surface area (TPSA) is 106 Å². The molecule has 192 valence electrons. The number of pyridine rings is 1. The van der Waals surface area contributed by atoms with Crippen molar-refractivity contribution in [3.8, 4) is 16.9 Å². The molecule has 4 aromatic rings. The first-order valence-corrected chi connectivity index (χ1v) is 12.6. The molecule has 0 fully saturated rings. The predicted molar refractivity (Wildman–Crippen MR) is 152 cm³/mol. The molecule has 38 heavy (non-hydrogen) atoms. The second-order valence-corrected chi connectivity index (χ2v) is 10.2. The zero-order valence-corrected chi connectivity index (χ0v) is 22.0. The lowest BCUT2D eigenvalue weighted by atomic mass is 9.88. The van der Waals surface area contributed by atoms with Gasteiger partial charge in [-0.15, -0.1) is 0 Å². The van der Waals surface area contributed by atoms with Gasteiger partial charge in [-0.1, -0.05) is 48.5 Å². The highest BCUT2D eigenvalue weighted by molar-refractivity contribution is 6.31. The molecule has 0 saturated carbocycles.